The van der Waals surface area contributed by atoms with Gasteiger partial charge in [-0.3, -0.25) is 4.84 Å². The third-order valence-electron chi connectivity index (χ3n) is 3.63. The Morgan fingerprint density at radius 2 is 1.69 bits per heavy atom. The Labute approximate surface area is 81.8 Å². The number of hydrogen-bond acceptors (Lipinski definition) is 2. The van der Waals surface area contributed by atoms with Crippen molar-refractivity contribution in [3.8, 4) is 0 Å². The second kappa shape index (κ2) is 3.58. The molecular weight excluding hydrogens is 162 g/mol. The standard InChI is InChI=1S/C11H23NO/c1-10(2)7-5-9(6-8-10)11(3,4)13-12/h9H,5-8,12H2,1-4H3. The molecule has 2 N–H and O–H groups in total. The van der Waals surface area contributed by atoms with E-state index in [1.54, 1.807) is 0 Å². The highest BCUT2D eigenvalue weighted by Gasteiger charge is 2.36. The molecule has 2 heteroatoms. The normalized spacial score (nSPS) is 24.7. The highest BCUT2D eigenvalue weighted by atomic mass is 16.6. The summed E-state index contributed by atoms with van der Waals surface area (Å²) in [7, 11) is 0. The van der Waals surface area contributed by atoms with Gasteiger partial charge in [0.15, 0.2) is 0 Å². The lowest BCUT2D eigenvalue weighted by molar-refractivity contribution is -0.0803. The molecule has 0 atom stereocenters. The molecule has 1 rings (SSSR count). The van der Waals surface area contributed by atoms with Gasteiger partial charge in [0.05, 0.1) is 5.60 Å². The largest absolute Gasteiger partial charge is 0.298 e. The van der Waals surface area contributed by atoms with E-state index in [1.165, 1.54) is 25.7 Å². The van der Waals surface area contributed by atoms with Crippen molar-refractivity contribution in [2.75, 3.05) is 0 Å². The van der Waals surface area contributed by atoms with E-state index in [9.17, 15) is 0 Å². The molecule has 0 aliphatic heterocycles. The van der Waals surface area contributed by atoms with Gasteiger partial charge in [-0.2, -0.15) is 0 Å². The second-order valence-corrected chi connectivity index (χ2v) is 5.66. The lowest BCUT2D eigenvalue weighted by atomic mass is 9.69. The van der Waals surface area contributed by atoms with Crippen molar-refractivity contribution in [2.24, 2.45) is 17.2 Å². The molecule has 0 saturated heterocycles. The van der Waals surface area contributed by atoms with Crippen LogP contribution in [0.25, 0.3) is 0 Å². The first kappa shape index (κ1) is 11.0. The summed E-state index contributed by atoms with van der Waals surface area (Å²) in [6, 6.07) is 0. The van der Waals surface area contributed by atoms with E-state index in [0.29, 0.717) is 11.3 Å². The third kappa shape index (κ3) is 2.68. The van der Waals surface area contributed by atoms with E-state index in [4.69, 9.17) is 10.7 Å². The molecule has 0 aromatic heterocycles. The molecule has 0 spiro atoms. The summed E-state index contributed by atoms with van der Waals surface area (Å²) in [6.07, 6.45) is 5.09. The third-order valence-corrected chi connectivity index (χ3v) is 3.63. The van der Waals surface area contributed by atoms with Gasteiger partial charge in [-0.05, 0) is 50.9 Å². The second-order valence-electron chi connectivity index (χ2n) is 5.66. The molecule has 0 unspecified atom stereocenters. The highest BCUT2D eigenvalue weighted by molar-refractivity contribution is 4.86. The van der Waals surface area contributed by atoms with Crippen LogP contribution < -0.4 is 5.90 Å². The van der Waals surface area contributed by atoms with Gasteiger partial charge in [0.1, 0.15) is 0 Å². The maximum Gasteiger partial charge on any atom is 0.0865 e. The van der Waals surface area contributed by atoms with Gasteiger partial charge in [-0.25, -0.2) is 5.90 Å². The first-order chi connectivity index (χ1) is 5.87. The maximum atomic E-state index is 5.30. The van der Waals surface area contributed by atoms with Crippen LogP contribution in [0.4, 0.5) is 0 Å². The maximum absolute atomic E-state index is 5.30. The molecule has 0 aromatic carbocycles. The van der Waals surface area contributed by atoms with Crippen molar-refractivity contribution >= 4 is 0 Å². The fourth-order valence-corrected chi connectivity index (χ4v) is 2.19. The molecule has 13 heavy (non-hydrogen) atoms. The first-order valence-electron chi connectivity index (χ1n) is 5.25. The fourth-order valence-electron chi connectivity index (χ4n) is 2.19. The van der Waals surface area contributed by atoms with Crippen molar-refractivity contribution in [2.45, 2.75) is 59.0 Å². The predicted octanol–water partition coefficient (Wildman–Crippen LogP) is 2.87. The van der Waals surface area contributed by atoms with E-state index in [0.717, 1.165) is 0 Å². The van der Waals surface area contributed by atoms with Gasteiger partial charge in [0.25, 0.3) is 0 Å². The van der Waals surface area contributed by atoms with Crippen molar-refractivity contribution in [3.05, 3.63) is 0 Å². The molecule has 1 fully saturated rings. The minimum absolute atomic E-state index is 0.142. The van der Waals surface area contributed by atoms with Gasteiger partial charge < -0.3 is 0 Å². The highest BCUT2D eigenvalue weighted by Crippen LogP contribution is 2.42. The Morgan fingerprint density at radius 1 is 1.23 bits per heavy atom. The molecule has 2 nitrogen and oxygen atoms in total. The summed E-state index contributed by atoms with van der Waals surface area (Å²) >= 11 is 0. The van der Waals surface area contributed by atoms with Gasteiger partial charge in [-0.15, -0.1) is 0 Å². The van der Waals surface area contributed by atoms with Gasteiger partial charge in [0, 0.05) is 0 Å². The molecule has 0 amide bonds. The Bertz CT molecular complexity index is 165. The van der Waals surface area contributed by atoms with Gasteiger partial charge in [0.2, 0.25) is 0 Å². The summed E-state index contributed by atoms with van der Waals surface area (Å²) in [6.45, 7) is 8.88. The number of nitrogens with two attached hydrogens (primary N) is 1. The molecular formula is C11H23NO. The average Bonchev–Trinajstić information content (AvgIpc) is 2.04. The predicted molar refractivity (Wildman–Crippen MR) is 55.1 cm³/mol. The van der Waals surface area contributed by atoms with E-state index in [2.05, 4.69) is 27.7 Å². The van der Waals surface area contributed by atoms with Crippen molar-refractivity contribution in [1.29, 1.82) is 0 Å². The molecule has 0 bridgehead atoms. The molecule has 1 aliphatic rings. The minimum atomic E-state index is -0.142. The molecule has 1 saturated carbocycles. The van der Waals surface area contributed by atoms with Crippen LogP contribution in [0, 0.1) is 11.3 Å². The molecule has 0 aromatic rings. The molecule has 1 aliphatic carbocycles. The van der Waals surface area contributed by atoms with Crippen molar-refractivity contribution < 1.29 is 4.84 Å². The van der Waals surface area contributed by atoms with Crippen LogP contribution in [-0.4, -0.2) is 5.60 Å². The Balaban J connectivity index is 2.50. The topological polar surface area (TPSA) is 35.2 Å². The quantitative estimate of drug-likeness (QED) is 0.671. The zero-order chi connectivity index (χ0) is 10.1. The Kier molecular flexibility index (Phi) is 3.03. The minimum Gasteiger partial charge on any atom is -0.298 e. The molecule has 0 radical (unpaired) electrons. The zero-order valence-electron chi connectivity index (χ0n) is 9.39. The smallest absolute Gasteiger partial charge is 0.0865 e. The summed E-state index contributed by atoms with van der Waals surface area (Å²) in [4.78, 5) is 5.05. The molecule has 0 heterocycles. The van der Waals surface area contributed by atoms with Crippen LogP contribution in [0.2, 0.25) is 0 Å². The van der Waals surface area contributed by atoms with Crippen LogP contribution in [-0.2, 0) is 4.84 Å². The van der Waals surface area contributed by atoms with Crippen LogP contribution in [0.5, 0.6) is 0 Å². The molecule has 78 valence electrons. The summed E-state index contributed by atoms with van der Waals surface area (Å²) in [5.41, 5.74) is 0.387. The van der Waals surface area contributed by atoms with Gasteiger partial charge in [-0.1, -0.05) is 13.8 Å². The number of rotatable bonds is 2. The number of hydrogen-bond donors (Lipinski definition) is 1. The summed E-state index contributed by atoms with van der Waals surface area (Å²) in [5.74, 6) is 5.93. The summed E-state index contributed by atoms with van der Waals surface area (Å²) in [5, 5.41) is 0. The van der Waals surface area contributed by atoms with Crippen LogP contribution in [0.3, 0.4) is 0 Å². The van der Waals surface area contributed by atoms with Gasteiger partial charge >= 0.3 is 0 Å². The first-order valence-corrected chi connectivity index (χ1v) is 5.25. The average molecular weight is 185 g/mol. The van der Waals surface area contributed by atoms with Crippen LogP contribution in [0.15, 0.2) is 0 Å². The van der Waals surface area contributed by atoms with E-state index in [-0.39, 0.29) is 5.60 Å². The lowest BCUT2D eigenvalue weighted by Gasteiger charge is -2.40. The van der Waals surface area contributed by atoms with Crippen molar-refractivity contribution in [1.82, 2.24) is 0 Å². The summed E-state index contributed by atoms with van der Waals surface area (Å²) < 4.78 is 0. The van der Waals surface area contributed by atoms with Crippen LogP contribution in [0.1, 0.15) is 53.4 Å². The Hall–Kier alpha value is -0.0800. The zero-order valence-corrected chi connectivity index (χ0v) is 9.39. The SMILES string of the molecule is CC1(C)CCC(C(C)(C)ON)CC1. The Morgan fingerprint density at radius 3 is 2.08 bits per heavy atom. The van der Waals surface area contributed by atoms with Crippen molar-refractivity contribution in [3.63, 3.8) is 0 Å². The fraction of sp³-hybridized carbons (Fsp3) is 1.00. The lowest BCUT2D eigenvalue weighted by Crippen LogP contribution is -2.40. The van der Waals surface area contributed by atoms with E-state index < -0.39 is 0 Å². The van der Waals surface area contributed by atoms with E-state index >= 15 is 0 Å². The van der Waals surface area contributed by atoms with Crippen LogP contribution >= 0.6 is 0 Å². The monoisotopic (exact) mass is 185 g/mol. The van der Waals surface area contributed by atoms with E-state index in [1.807, 2.05) is 0 Å².